The third-order valence-electron chi connectivity index (χ3n) is 2.47. The summed E-state index contributed by atoms with van der Waals surface area (Å²) in [6.07, 6.45) is 3.56. The lowest BCUT2D eigenvalue weighted by atomic mass is 10.2. The highest BCUT2D eigenvalue weighted by Crippen LogP contribution is 2.13. The van der Waals surface area contributed by atoms with Crippen LogP contribution in [0.15, 0.2) is 12.2 Å². The highest BCUT2D eigenvalue weighted by molar-refractivity contribution is 7.85. The number of nitrogens with zero attached hydrogens (tertiary/aromatic N) is 1. The molecule has 1 atom stereocenters. The van der Waals surface area contributed by atoms with Crippen LogP contribution in [0.2, 0.25) is 0 Å². The minimum atomic E-state index is -3.45. The Morgan fingerprint density at radius 2 is 2.10 bits per heavy atom. The van der Waals surface area contributed by atoms with E-state index in [9.17, 15) is 13.2 Å². The highest BCUT2D eigenvalue weighted by atomic mass is 32.2. The van der Waals surface area contributed by atoms with Gasteiger partial charge in [0, 0.05) is 6.54 Å². The zero-order valence-corrected chi connectivity index (χ0v) is 13.7. The number of hydrogen-bond donors (Lipinski definition) is 0. The summed E-state index contributed by atoms with van der Waals surface area (Å²) < 4.78 is 37.0. The molecule has 0 aliphatic carbocycles. The van der Waals surface area contributed by atoms with Gasteiger partial charge in [-0.2, -0.15) is 8.42 Å². The van der Waals surface area contributed by atoms with Crippen molar-refractivity contribution in [1.29, 1.82) is 0 Å². The number of ether oxygens (including phenoxy) is 2. The number of carbonyl (C=O) groups excluding carboxylic acids is 1. The van der Waals surface area contributed by atoms with E-state index in [2.05, 4.69) is 4.18 Å². The third-order valence-corrected chi connectivity index (χ3v) is 3.04. The van der Waals surface area contributed by atoms with Crippen molar-refractivity contribution in [2.24, 2.45) is 0 Å². The van der Waals surface area contributed by atoms with Gasteiger partial charge in [-0.05, 0) is 20.8 Å². The SMILES string of the molecule is CC(C)(C)OC(=O)N1CCO[C@@H](C=CCOS(C)(=O)=O)C1. The van der Waals surface area contributed by atoms with Gasteiger partial charge in [-0.15, -0.1) is 0 Å². The van der Waals surface area contributed by atoms with Gasteiger partial charge in [-0.3, -0.25) is 4.18 Å². The van der Waals surface area contributed by atoms with Crippen molar-refractivity contribution in [2.75, 3.05) is 32.6 Å². The molecule has 1 heterocycles. The molecular weight excluding hydrogens is 298 g/mol. The van der Waals surface area contributed by atoms with E-state index >= 15 is 0 Å². The molecule has 0 bridgehead atoms. The van der Waals surface area contributed by atoms with Crippen LogP contribution in [0.25, 0.3) is 0 Å². The number of amides is 1. The van der Waals surface area contributed by atoms with Crippen molar-refractivity contribution in [3.05, 3.63) is 12.2 Å². The largest absolute Gasteiger partial charge is 0.444 e. The maximum absolute atomic E-state index is 11.9. The molecule has 0 aromatic heterocycles. The second-order valence-electron chi connectivity index (χ2n) is 5.75. The van der Waals surface area contributed by atoms with E-state index in [4.69, 9.17) is 9.47 Å². The molecule has 0 N–H and O–H groups in total. The monoisotopic (exact) mass is 321 g/mol. The van der Waals surface area contributed by atoms with Gasteiger partial charge >= 0.3 is 6.09 Å². The molecule has 0 saturated carbocycles. The minimum Gasteiger partial charge on any atom is -0.444 e. The van der Waals surface area contributed by atoms with Crippen LogP contribution in [0.4, 0.5) is 4.79 Å². The zero-order valence-electron chi connectivity index (χ0n) is 12.9. The molecule has 0 unspecified atom stereocenters. The smallest absolute Gasteiger partial charge is 0.410 e. The summed E-state index contributed by atoms with van der Waals surface area (Å²) in [5, 5.41) is 0. The summed E-state index contributed by atoms with van der Waals surface area (Å²) >= 11 is 0. The van der Waals surface area contributed by atoms with Gasteiger partial charge in [0.15, 0.2) is 0 Å². The van der Waals surface area contributed by atoms with Crippen LogP contribution in [-0.2, 0) is 23.8 Å². The Balaban J connectivity index is 2.45. The lowest BCUT2D eigenvalue weighted by molar-refractivity contribution is -0.0264. The molecule has 0 spiro atoms. The topological polar surface area (TPSA) is 82.1 Å². The molecule has 122 valence electrons. The van der Waals surface area contributed by atoms with Crippen molar-refractivity contribution in [3.8, 4) is 0 Å². The quantitative estimate of drug-likeness (QED) is 0.571. The summed E-state index contributed by atoms with van der Waals surface area (Å²) in [6, 6.07) is 0. The zero-order chi connectivity index (χ0) is 16.1. The fourth-order valence-electron chi connectivity index (χ4n) is 1.65. The van der Waals surface area contributed by atoms with Crippen molar-refractivity contribution >= 4 is 16.2 Å². The van der Waals surface area contributed by atoms with Gasteiger partial charge in [0.05, 0.1) is 32.1 Å². The lowest BCUT2D eigenvalue weighted by Gasteiger charge is -2.33. The molecule has 8 heteroatoms. The number of hydrogen-bond acceptors (Lipinski definition) is 6. The maximum atomic E-state index is 11.9. The summed E-state index contributed by atoms with van der Waals surface area (Å²) in [4.78, 5) is 13.5. The molecule has 0 radical (unpaired) electrons. The predicted octanol–water partition coefficient (Wildman–Crippen LogP) is 1.15. The highest BCUT2D eigenvalue weighted by Gasteiger charge is 2.26. The molecule has 21 heavy (non-hydrogen) atoms. The molecule has 0 aromatic carbocycles. The van der Waals surface area contributed by atoms with Gasteiger partial charge in [0.25, 0.3) is 10.1 Å². The van der Waals surface area contributed by atoms with Gasteiger partial charge in [-0.1, -0.05) is 12.2 Å². The predicted molar refractivity (Wildman–Crippen MR) is 77.5 cm³/mol. The average Bonchev–Trinajstić information content (AvgIpc) is 2.32. The van der Waals surface area contributed by atoms with Crippen molar-refractivity contribution in [1.82, 2.24) is 4.90 Å². The third kappa shape index (κ3) is 8.03. The molecule has 7 nitrogen and oxygen atoms in total. The first-order valence-corrected chi connectivity index (χ1v) is 8.49. The molecule has 1 rings (SSSR count). The van der Waals surface area contributed by atoms with Gasteiger partial charge in [0.1, 0.15) is 5.60 Å². The van der Waals surface area contributed by atoms with Gasteiger partial charge < -0.3 is 14.4 Å². The lowest BCUT2D eigenvalue weighted by Crippen LogP contribution is -2.46. The molecule has 1 fully saturated rings. The summed E-state index contributed by atoms with van der Waals surface area (Å²) in [5.74, 6) is 0. The van der Waals surface area contributed by atoms with Crippen LogP contribution in [0.1, 0.15) is 20.8 Å². The Hall–Kier alpha value is -1.12. The van der Waals surface area contributed by atoms with Crippen LogP contribution in [0.5, 0.6) is 0 Å². The number of carbonyl (C=O) groups is 1. The van der Waals surface area contributed by atoms with Crippen LogP contribution in [0, 0.1) is 0 Å². The van der Waals surface area contributed by atoms with E-state index in [-0.39, 0.29) is 18.8 Å². The maximum Gasteiger partial charge on any atom is 0.410 e. The molecule has 0 aromatic rings. The van der Waals surface area contributed by atoms with E-state index in [0.717, 1.165) is 6.26 Å². The Kier molecular flexibility index (Phi) is 6.18. The molecule has 1 aliphatic heterocycles. The van der Waals surface area contributed by atoms with Crippen LogP contribution >= 0.6 is 0 Å². The van der Waals surface area contributed by atoms with Gasteiger partial charge in [0.2, 0.25) is 0 Å². The van der Waals surface area contributed by atoms with Gasteiger partial charge in [-0.25, -0.2) is 4.79 Å². The first-order valence-electron chi connectivity index (χ1n) is 6.67. The first kappa shape index (κ1) is 17.9. The Labute approximate surface area is 126 Å². The van der Waals surface area contributed by atoms with E-state index in [1.807, 2.05) is 20.8 Å². The minimum absolute atomic E-state index is 0.0505. The molecule has 1 saturated heterocycles. The fourth-order valence-corrected chi connectivity index (χ4v) is 1.98. The van der Waals surface area contributed by atoms with E-state index in [1.54, 1.807) is 17.1 Å². The Morgan fingerprint density at radius 3 is 2.67 bits per heavy atom. The molecular formula is C13H23NO6S. The Morgan fingerprint density at radius 1 is 1.43 bits per heavy atom. The Bertz CT molecular complexity index is 479. The molecule has 1 aliphatic rings. The number of rotatable bonds is 4. The normalized spacial score (nSPS) is 20.8. The summed E-state index contributed by atoms with van der Waals surface area (Å²) in [6.45, 7) is 6.62. The van der Waals surface area contributed by atoms with Crippen LogP contribution in [-0.4, -0.2) is 63.7 Å². The van der Waals surface area contributed by atoms with E-state index in [0.29, 0.717) is 19.7 Å². The van der Waals surface area contributed by atoms with Crippen molar-refractivity contribution in [2.45, 2.75) is 32.5 Å². The van der Waals surface area contributed by atoms with E-state index in [1.165, 1.54) is 0 Å². The fraction of sp³-hybridized carbons (Fsp3) is 0.769. The standard InChI is InChI=1S/C13H23NO6S/c1-13(2,3)20-12(15)14-7-9-18-11(10-14)6-5-8-19-21(4,16)17/h5-6,11H,7-10H2,1-4H3/t11-/m0/s1. The van der Waals surface area contributed by atoms with Crippen LogP contribution in [0.3, 0.4) is 0 Å². The number of morpholine rings is 1. The molecule has 1 amide bonds. The summed E-state index contributed by atoms with van der Waals surface area (Å²) in [5.41, 5.74) is -0.538. The first-order chi connectivity index (χ1) is 9.57. The van der Waals surface area contributed by atoms with E-state index < -0.39 is 15.7 Å². The van der Waals surface area contributed by atoms with Crippen LogP contribution < -0.4 is 0 Å². The average molecular weight is 321 g/mol. The van der Waals surface area contributed by atoms with Crippen molar-refractivity contribution in [3.63, 3.8) is 0 Å². The summed E-state index contributed by atoms with van der Waals surface area (Å²) in [7, 11) is -3.45. The second-order valence-corrected chi connectivity index (χ2v) is 7.40. The second kappa shape index (κ2) is 7.24. The van der Waals surface area contributed by atoms with Crippen molar-refractivity contribution < 1.29 is 26.9 Å².